The summed E-state index contributed by atoms with van der Waals surface area (Å²) >= 11 is 0. The van der Waals surface area contributed by atoms with Crippen molar-refractivity contribution in [1.29, 1.82) is 0 Å². The first-order valence-corrected chi connectivity index (χ1v) is 5.45. The fourth-order valence-corrected chi connectivity index (χ4v) is 1.27. The number of carbonyl (C=O) groups is 1. The smallest absolute Gasteiger partial charge is 0.327 e. The lowest BCUT2D eigenvalue weighted by molar-refractivity contribution is -0.137. The Hall–Kier alpha value is -1.27. The maximum absolute atomic E-state index is 12.5. The van der Waals surface area contributed by atoms with Crippen molar-refractivity contribution in [1.82, 2.24) is 0 Å². The van der Waals surface area contributed by atoms with Crippen LogP contribution in [0.4, 0.5) is 18.9 Å². The molecule has 108 valence electrons. The van der Waals surface area contributed by atoms with Crippen LogP contribution < -0.4 is 11.1 Å². The highest BCUT2D eigenvalue weighted by Gasteiger charge is 2.30. The fraction of sp³-hybridized carbons (Fsp3) is 0.417. The summed E-state index contributed by atoms with van der Waals surface area (Å²) in [5.74, 6) is -0.871. The van der Waals surface area contributed by atoms with Gasteiger partial charge in [0.05, 0.1) is 11.5 Å². The van der Waals surface area contributed by atoms with Crippen molar-refractivity contribution < 1.29 is 18.0 Å². The van der Waals surface area contributed by atoms with Crippen molar-refractivity contribution in [2.75, 3.05) is 5.32 Å². The maximum atomic E-state index is 12.5. The Balaban J connectivity index is 0.00000324. The normalized spacial score (nSPS) is 14.2. The Bertz CT molecular complexity index is 435. The van der Waals surface area contributed by atoms with Crippen LogP contribution in [0.25, 0.3) is 0 Å². The van der Waals surface area contributed by atoms with E-state index in [1.165, 1.54) is 12.1 Å². The molecule has 0 fully saturated rings. The molecule has 0 saturated heterocycles. The van der Waals surface area contributed by atoms with Crippen LogP contribution in [0.3, 0.4) is 0 Å². The average molecular weight is 297 g/mol. The lowest BCUT2D eigenvalue weighted by Gasteiger charge is -2.16. The molecule has 0 aromatic heterocycles. The minimum atomic E-state index is -4.42. The van der Waals surface area contributed by atoms with Gasteiger partial charge < -0.3 is 11.1 Å². The van der Waals surface area contributed by atoms with E-state index in [2.05, 4.69) is 5.32 Å². The van der Waals surface area contributed by atoms with E-state index in [-0.39, 0.29) is 24.1 Å². The summed E-state index contributed by atoms with van der Waals surface area (Å²) in [6, 6.07) is 4.13. The Kier molecular flexibility index (Phi) is 6.32. The first kappa shape index (κ1) is 17.7. The quantitative estimate of drug-likeness (QED) is 0.901. The summed E-state index contributed by atoms with van der Waals surface area (Å²) in [6.07, 6.45) is -4.42. The summed E-state index contributed by atoms with van der Waals surface area (Å²) in [5, 5.41) is 2.42. The molecular weight excluding hydrogens is 281 g/mol. The van der Waals surface area contributed by atoms with E-state index in [1.807, 2.05) is 0 Å². The van der Waals surface area contributed by atoms with Crippen molar-refractivity contribution in [2.24, 2.45) is 11.7 Å². The van der Waals surface area contributed by atoms with Crippen molar-refractivity contribution >= 4 is 24.0 Å². The SMILES string of the molecule is CC(N)C(C)C(=O)Nc1cccc(C(F)(F)F)c1.Cl. The van der Waals surface area contributed by atoms with Gasteiger partial charge in [-0.25, -0.2) is 0 Å². The van der Waals surface area contributed by atoms with Crippen molar-refractivity contribution in [3.05, 3.63) is 29.8 Å². The number of hydrogen-bond acceptors (Lipinski definition) is 2. The molecule has 19 heavy (non-hydrogen) atoms. The third kappa shape index (κ3) is 5.08. The average Bonchev–Trinajstić information content (AvgIpc) is 2.27. The van der Waals surface area contributed by atoms with Gasteiger partial charge in [-0.15, -0.1) is 12.4 Å². The molecule has 0 aliphatic heterocycles. The summed E-state index contributed by atoms with van der Waals surface area (Å²) in [4.78, 5) is 11.6. The summed E-state index contributed by atoms with van der Waals surface area (Å²) in [6.45, 7) is 3.28. The van der Waals surface area contributed by atoms with Crippen molar-refractivity contribution in [3.8, 4) is 0 Å². The second kappa shape index (κ2) is 6.77. The zero-order valence-corrected chi connectivity index (χ0v) is 11.3. The number of hydrogen-bond donors (Lipinski definition) is 2. The monoisotopic (exact) mass is 296 g/mol. The van der Waals surface area contributed by atoms with E-state index in [9.17, 15) is 18.0 Å². The molecule has 0 heterocycles. The van der Waals surface area contributed by atoms with E-state index >= 15 is 0 Å². The largest absolute Gasteiger partial charge is 0.416 e. The molecule has 1 aromatic rings. The summed E-state index contributed by atoms with van der Waals surface area (Å²) in [7, 11) is 0. The van der Waals surface area contributed by atoms with E-state index in [4.69, 9.17) is 5.73 Å². The highest BCUT2D eigenvalue weighted by molar-refractivity contribution is 5.92. The van der Waals surface area contributed by atoms with E-state index in [0.717, 1.165) is 12.1 Å². The lowest BCUT2D eigenvalue weighted by Crippen LogP contribution is -2.34. The third-order valence-corrected chi connectivity index (χ3v) is 2.66. The number of carbonyl (C=O) groups excluding carboxylic acids is 1. The molecule has 0 bridgehead atoms. The lowest BCUT2D eigenvalue weighted by atomic mass is 10.0. The van der Waals surface area contributed by atoms with Gasteiger partial charge in [-0.05, 0) is 25.1 Å². The summed E-state index contributed by atoms with van der Waals surface area (Å²) in [5.41, 5.74) is 4.86. The summed E-state index contributed by atoms with van der Waals surface area (Å²) < 4.78 is 37.4. The van der Waals surface area contributed by atoms with Gasteiger partial charge in [-0.3, -0.25) is 4.79 Å². The molecule has 7 heteroatoms. The highest BCUT2D eigenvalue weighted by atomic mass is 35.5. The molecule has 1 amide bonds. The predicted octanol–water partition coefficient (Wildman–Crippen LogP) is 3.05. The second-order valence-corrected chi connectivity index (χ2v) is 4.22. The molecular formula is C12H16ClF3N2O. The van der Waals surface area contributed by atoms with Crippen LogP contribution in [0.2, 0.25) is 0 Å². The Labute approximate surface area is 115 Å². The van der Waals surface area contributed by atoms with Crippen LogP contribution in [0.15, 0.2) is 24.3 Å². The van der Waals surface area contributed by atoms with Gasteiger partial charge in [0, 0.05) is 11.7 Å². The minimum absolute atomic E-state index is 0. The zero-order chi connectivity index (χ0) is 13.9. The van der Waals surface area contributed by atoms with E-state index in [0.29, 0.717) is 0 Å². The molecule has 3 nitrogen and oxygen atoms in total. The van der Waals surface area contributed by atoms with Gasteiger partial charge in [0.1, 0.15) is 0 Å². The molecule has 0 spiro atoms. The fourth-order valence-electron chi connectivity index (χ4n) is 1.27. The highest BCUT2D eigenvalue weighted by Crippen LogP contribution is 2.30. The number of alkyl halides is 3. The third-order valence-electron chi connectivity index (χ3n) is 2.66. The topological polar surface area (TPSA) is 55.1 Å². The molecule has 1 aromatic carbocycles. The first-order chi connectivity index (χ1) is 8.21. The van der Waals surface area contributed by atoms with Crippen LogP contribution in [0, 0.1) is 5.92 Å². The van der Waals surface area contributed by atoms with Crippen LogP contribution in [-0.4, -0.2) is 11.9 Å². The van der Waals surface area contributed by atoms with E-state index in [1.54, 1.807) is 13.8 Å². The van der Waals surface area contributed by atoms with Crippen LogP contribution in [-0.2, 0) is 11.0 Å². The number of halogens is 4. The molecule has 0 aliphatic carbocycles. The second-order valence-electron chi connectivity index (χ2n) is 4.22. The van der Waals surface area contributed by atoms with Gasteiger partial charge in [-0.2, -0.15) is 13.2 Å². The number of benzene rings is 1. The zero-order valence-electron chi connectivity index (χ0n) is 10.5. The number of rotatable bonds is 3. The molecule has 1 rings (SSSR count). The van der Waals surface area contributed by atoms with Gasteiger partial charge >= 0.3 is 6.18 Å². The van der Waals surface area contributed by atoms with Crippen LogP contribution in [0.1, 0.15) is 19.4 Å². The van der Waals surface area contributed by atoms with E-state index < -0.39 is 23.6 Å². The standard InChI is InChI=1S/C12H15F3N2O.ClH/c1-7(8(2)16)11(18)17-10-5-3-4-9(6-10)12(13,14)15;/h3-8H,16H2,1-2H3,(H,17,18);1H. The number of amides is 1. The number of anilines is 1. The predicted molar refractivity (Wildman–Crippen MR) is 70.1 cm³/mol. The molecule has 2 atom stereocenters. The minimum Gasteiger partial charge on any atom is -0.327 e. The molecule has 0 radical (unpaired) electrons. The maximum Gasteiger partial charge on any atom is 0.416 e. The Morgan fingerprint density at radius 3 is 2.37 bits per heavy atom. The van der Waals surface area contributed by atoms with Crippen LogP contribution >= 0.6 is 12.4 Å². The van der Waals surface area contributed by atoms with Gasteiger partial charge in [0.25, 0.3) is 0 Å². The van der Waals surface area contributed by atoms with Crippen molar-refractivity contribution in [2.45, 2.75) is 26.1 Å². The first-order valence-electron chi connectivity index (χ1n) is 5.45. The van der Waals surface area contributed by atoms with Gasteiger partial charge in [0.2, 0.25) is 5.91 Å². The van der Waals surface area contributed by atoms with Gasteiger partial charge in [-0.1, -0.05) is 13.0 Å². The number of nitrogens with one attached hydrogen (secondary N) is 1. The Morgan fingerprint density at radius 2 is 1.89 bits per heavy atom. The Morgan fingerprint density at radius 1 is 1.32 bits per heavy atom. The van der Waals surface area contributed by atoms with Gasteiger partial charge in [0.15, 0.2) is 0 Å². The van der Waals surface area contributed by atoms with Crippen molar-refractivity contribution in [3.63, 3.8) is 0 Å². The van der Waals surface area contributed by atoms with Crippen LogP contribution in [0.5, 0.6) is 0 Å². The molecule has 2 unspecified atom stereocenters. The molecule has 3 N–H and O–H groups in total. The molecule has 0 saturated carbocycles. The number of nitrogens with two attached hydrogens (primary N) is 1. The molecule has 0 aliphatic rings.